The van der Waals surface area contributed by atoms with Gasteiger partial charge in [0.25, 0.3) is 5.91 Å². The average molecular weight is 294 g/mol. The average Bonchev–Trinajstić information content (AvgIpc) is 2.48. The SMILES string of the molecule is CCNc1ccccc1C(=O)N(CCOC)C(C)COC. The van der Waals surface area contributed by atoms with Crippen LogP contribution in [0, 0.1) is 0 Å². The molecule has 1 rings (SSSR count). The minimum atomic E-state index is -0.00710. The fourth-order valence-corrected chi connectivity index (χ4v) is 2.21. The molecule has 1 aromatic rings. The van der Waals surface area contributed by atoms with E-state index in [2.05, 4.69) is 5.32 Å². The number of anilines is 1. The summed E-state index contributed by atoms with van der Waals surface area (Å²) in [4.78, 5) is 14.6. The molecule has 0 heterocycles. The molecule has 0 saturated heterocycles. The van der Waals surface area contributed by atoms with E-state index in [1.807, 2.05) is 38.1 Å². The molecular formula is C16H26N2O3. The van der Waals surface area contributed by atoms with Crippen LogP contribution in [0.15, 0.2) is 24.3 Å². The van der Waals surface area contributed by atoms with Crippen LogP contribution in [-0.4, -0.2) is 57.4 Å². The Labute approximate surface area is 127 Å². The van der Waals surface area contributed by atoms with Crippen molar-refractivity contribution < 1.29 is 14.3 Å². The number of nitrogens with one attached hydrogen (secondary N) is 1. The summed E-state index contributed by atoms with van der Waals surface area (Å²) in [7, 11) is 3.28. The molecule has 1 N–H and O–H groups in total. The van der Waals surface area contributed by atoms with Crippen molar-refractivity contribution in [3.05, 3.63) is 29.8 Å². The summed E-state index contributed by atoms with van der Waals surface area (Å²) in [5.74, 6) is -0.00634. The van der Waals surface area contributed by atoms with Crippen LogP contribution in [0.1, 0.15) is 24.2 Å². The van der Waals surface area contributed by atoms with E-state index in [0.29, 0.717) is 25.3 Å². The van der Waals surface area contributed by atoms with E-state index >= 15 is 0 Å². The number of carbonyl (C=O) groups excluding carboxylic acids is 1. The first kappa shape index (κ1) is 17.5. The molecule has 0 saturated carbocycles. The molecule has 0 aliphatic rings. The van der Waals surface area contributed by atoms with Crippen LogP contribution >= 0.6 is 0 Å². The van der Waals surface area contributed by atoms with E-state index < -0.39 is 0 Å². The zero-order valence-electron chi connectivity index (χ0n) is 13.4. The number of carbonyl (C=O) groups is 1. The zero-order valence-corrected chi connectivity index (χ0v) is 13.4. The number of rotatable bonds is 9. The second-order valence-corrected chi connectivity index (χ2v) is 4.87. The molecule has 0 aromatic heterocycles. The lowest BCUT2D eigenvalue weighted by Gasteiger charge is -2.29. The first-order valence-electron chi connectivity index (χ1n) is 7.27. The van der Waals surface area contributed by atoms with E-state index in [-0.39, 0.29) is 11.9 Å². The highest BCUT2D eigenvalue weighted by atomic mass is 16.5. The molecule has 0 bridgehead atoms. The van der Waals surface area contributed by atoms with Gasteiger partial charge in [-0.1, -0.05) is 12.1 Å². The van der Waals surface area contributed by atoms with Gasteiger partial charge in [-0.25, -0.2) is 0 Å². The largest absolute Gasteiger partial charge is 0.385 e. The Bertz CT molecular complexity index is 437. The van der Waals surface area contributed by atoms with Crippen molar-refractivity contribution >= 4 is 11.6 Å². The second kappa shape index (κ2) is 9.37. The number of nitrogens with zero attached hydrogens (tertiary/aromatic N) is 1. The Kier molecular flexibility index (Phi) is 7.79. The lowest BCUT2D eigenvalue weighted by atomic mass is 10.1. The van der Waals surface area contributed by atoms with Gasteiger partial charge in [-0.15, -0.1) is 0 Å². The molecule has 1 atom stereocenters. The number of ether oxygens (including phenoxy) is 2. The van der Waals surface area contributed by atoms with Gasteiger partial charge in [0, 0.05) is 33.0 Å². The summed E-state index contributed by atoms with van der Waals surface area (Å²) in [6.07, 6.45) is 0. The van der Waals surface area contributed by atoms with Crippen LogP contribution in [0.3, 0.4) is 0 Å². The third kappa shape index (κ3) is 5.02. The first-order chi connectivity index (χ1) is 10.2. The summed E-state index contributed by atoms with van der Waals surface area (Å²) in [6.45, 7) is 6.31. The van der Waals surface area contributed by atoms with E-state index in [0.717, 1.165) is 12.2 Å². The van der Waals surface area contributed by atoms with Gasteiger partial charge in [0.2, 0.25) is 0 Å². The molecule has 1 aromatic carbocycles. The topological polar surface area (TPSA) is 50.8 Å². The van der Waals surface area contributed by atoms with Crippen LogP contribution in [0.5, 0.6) is 0 Å². The van der Waals surface area contributed by atoms with Crippen LogP contribution in [0.4, 0.5) is 5.69 Å². The molecule has 0 spiro atoms. The minimum absolute atomic E-state index is 0.00634. The van der Waals surface area contributed by atoms with Crippen LogP contribution < -0.4 is 5.32 Å². The highest BCUT2D eigenvalue weighted by molar-refractivity contribution is 5.99. The van der Waals surface area contributed by atoms with E-state index in [9.17, 15) is 4.79 Å². The van der Waals surface area contributed by atoms with Gasteiger partial charge in [-0.05, 0) is 26.0 Å². The van der Waals surface area contributed by atoms with E-state index in [1.54, 1.807) is 19.1 Å². The van der Waals surface area contributed by atoms with Crippen molar-refractivity contribution in [2.45, 2.75) is 19.9 Å². The Morgan fingerprint density at radius 3 is 2.62 bits per heavy atom. The molecule has 1 unspecified atom stereocenters. The molecule has 0 radical (unpaired) electrons. The van der Waals surface area contributed by atoms with Crippen LogP contribution in [-0.2, 0) is 9.47 Å². The molecule has 118 valence electrons. The maximum absolute atomic E-state index is 12.8. The first-order valence-corrected chi connectivity index (χ1v) is 7.27. The molecule has 0 fully saturated rings. The predicted molar refractivity (Wildman–Crippen MR) is 84.9 cm³/mol. The minimum Gasteiger partial charge on any atom is -0.385 e. The summed E-state index contributed by atoms with van der Waals surface area (Å²) in [6, 6.07) is 7.56. The number of para-hydroxylation sites is 1. The summed E-state index contributed by atoms with van der Waals surface area (Å²) >= 11 is 0. The monoisotopic (exact) mass is 294 g/mol. The third-order valence-electron chi connectivity index (χ3n) is 3.26. The number of hydrogen-bond donors (Lipinski definition) is 1. The van der Waals surface area contributed by atoms with E-state index in [4.69, 9.17) is 9.47 Å². The quantitative estimate of drug-likeness (QED) is 0.759. The molecule has 21 heavy (non-hydrogen) atoms. The van der Waals surface area contributed by atoms with Gasteiger partial charge in [0.1, 0.15) is 0 Å². The zero-order chi connectivity index (χ0) is 15.7. The number of amides is 1. The van der Waals surface area contributed by atoms with Crippen LogP contribution in [0.25, 0.3) is 0 Å². The van der Waals surface area contributed by atoms with Gasteiger partial charge >= 0.3 is 0 Å². The van der Waals surface area contributed by atoms with Gasteiger partial charge in [-0.2, -0.15) is 0 Å². The van der Waals surface area contributed by atoms with Crippen molar-refractivity contribution in [2.75, 3.05) is 45.8 Å². The second-order valence-electron chi connectivity index (χ2n) is 4.87. The van der Waals surface area contributed by atoms with Gasteiger partial charge < -0.3 is 19.7 Å². The molecule has 1 amide bonds. The van der Waals surface area contributed by atoms with Gasteiger partial charge in [-0.3, -0.25) is 4.79 Å². The van der Waals surface area contributed by atoms with E-state index in [1.165, 1.54) is 0 Å². The Balaban J connectivity index is 2.98. The molecule has 5 heteroatoms. The number of benzene rings is 1. The standard InChI is InChI=1S/C16H26N2O3/c1-5-17-15-9-7-6-8-14(15)16(19)18(10-11-20-3)13(2)12-21-4/h6-9,13,17H,5,10-12H2,1-4H3. The Morgan fingerprint density at radius 2 is 2.00 bits per heavy atom. The fourth-order valence-electron chi connectivity index (χ4n) is 2.21. The van der Waals surface area contributed by atoms with Crippen molar-refractivity contribution in [2.24, 2.45) is 0 Å². The Hall–Kier alpha value is -1.59. The highest BCUT2D eigenvalue weighted by Gasteiger charge is 2.23. The fraction of sp³-hybridized carbons (Fsp3) is 0.562. The summed E-state index contributed by atoms with van der Waals surface area (Å²) in [5.41, 5.74) is 1.54. The summed E-state index contributed by atoms with van der Waals surface area (Å²) in [5, 5.41) is 3.23. The maximum atomic E-state index is 12.8. The molecule has 0 aliphatic heterocycles. The smallest absolute Gasteiger partial charge is 0.256 e. The number of methoxy groups -OCH3 is 2. The van der Waals surface area contributed by atoms with Crippen molar-refractivity contribution in [1.29, 1.82) is 0 Å². The molecular weight excluding hydrogens is 268 g/mol. The lowest BCUT2D eigenvalue weighted by Crippen LogP contribution is -2.43. The van der Waals surface area contributed by atoms with Gasteiger partial charge in [0.15, 0.2) is 0 Å². The predicted octanol–water partition coefficient (Wildman–Crippen LogP) is 2.24. The Morgan fingerprint density at radius 1 is 1.29 bits per heavy atom. The molecule has 0 aliphatic carbocycles. The van der Waals surface area contributed by atoms with Crippen molar-refractivity contribution in [3.8, 4) is 0 Å². The molecule has 5 nitrogen and oxygen atoms in total. The maximum Gasteiger partial charge on any atom is 0.256 e. The number of hydrogen-bond acceptors (Lipinski definition) is 4. The van der Waals surface area contributed by atoms with Crippen molar-refractivity contribution in [3.63, 3.8) is 0 Å². The normalized spacial score (nSPS) is 12.0. The summed E-state index contributed by atoms with van der Waals surface area (Å²) < 4.78 is 10.3. The van der Waals surface area contributed by atoms with Gasteiger partial charge in [0.05, 0.1) is 24.8 Å². The van der Waals surface area contributed by atoms with Crippen molar-refractivity contribution in [1.82, 2.24) is 4.90 Å². The van der Waals surface area contributed by atoms with Crippen LogP contribution in [0.2, 0.25) is 0 Å². The third-order valence-corrected chi connectivity index (χ3v) is 3.26. The lowest BCUT2D eigenvalue weighted by molar-refractivity contribution is 0.0480. The highest BCUT2D eigenvalue weighted by Crippen LogP contribution is 2.18.